The van der Waals surface area contributed by atoms with E-state index < -0.39 is 21.7 Å². The molecule has 8 heteroatoms. The Morgan fingerprint density at radius 2 is 2.21 bits per heavy atom. The van der Waals surface area contributed by atoms with Crippen LogP contribution in [0, 0.1) is 5.82 Å². The summed E-state index contributed by atoms with van der Waals surface area (Å²) in [6.07, 6.45) is 0.519. The molecule has 0 radical (unpaired) electrons. The molecule has 0 saturated carbocycles. The second-order valence-corrected chi connectivity index (χ2v) is 6.68. The number of nitrogens with zero attached hydrogens (tertiary/aromatic N) is 1. The number of hydrogen-bond donors (Lipinski definition) is 1. The first-order chi connectivity index (χ1) is 8.88. The van der Waals surface area contributed by atoms with Crippen molar-refractivity contribution in [2.24, 2.45) is 0 Å². The molecule has 1 fully saturated rings. The number of hydrogen-bond acceptors (Lipinski definition) is 3. The SMILES string of the molecule is O=C(CN1CCCS1(=O)=O)Nc1ccc(Cl)c(F)c1. The Labute approximate surface area is 115 Å². The van der Waals surface area contributed by atoms with Gasteiger partial charge in [0.05, 0.1) is 17.3 Å². The van der Waals surface area contributed by atoms with E-state index in [1.54, 1.807) is 0 Å². The monoisotopic (exact) mass is 306 g/mol. The third-order valence-corrected chi connectivity index (χ3v) is 4.94. The molecular formula is C11H12ClFN2O3S. The van der Waals surface area contributed by atoms with Gasteiger partial charge in [0.15, 0.2) is 0 Å². The number of sulfonamides is 1. The minimum absolute atomic E-state index is 0.0416. The van der Waals surface area contributed by atoms with E-state index in [1.807, 2.05) is 0 Å². The van der Waals surface area contributed by atoms with Crippen LogP contribution in [0.4, 0.5) is 10.1 Å². The van der Waals surface area contributed by atoms with Gasteiger partial charge in [0.2, 0.25) is 15.9 Å². The first-order valence-electron chi connectivity index (χ1n) is 5.61. The lowest BCUT2D eigenvalue weighted by Gasteiger charge is -2.13. The summed E-state index contributed by atoms with van der Waals surface area (Å²) in [5, 5.41) is 2.39. The summed E-state index contributed by atoms with van der Waals surface area (Å²) in [6, 6.07) is 3.85. The van der Waals surface area contributed by atoms with Gasteiger partial charge in [-0.1, -0.05) is 11.6 Å². The zero-order chi connectivity index (χ0) is 14.0. The third kappa shape index (κ3) is 3.43. The highest BCUT2D eigenvalue weighted by Crippen LogP contribution is 2.19. The summed E-state index contributed by atoms with van der Waals surface area (Å²) in [4.78, 5) is 11.7. The van der Waals surface area contributed by atoms with Crippen LogP contribution in [-0.4, -0.2) is 37.5 Å². The number of carbonyl (C=O) groups is 1. The van der Waals surface area contributed by atoms with Crippen molar-refractivity contribution in [1.29, 1.82) is 0 Å². The summed E-state index contributed by atoms with van der Waals surface area (Å²) in [6.45, 7) is 0.0807. The van der Waals surface area contributed by atoms with Crippen molar-refractivity contribution in [2.75, 3.05) is 24.2 Å². The van der Waals surface area contributed by atoms with Crippen LogP contribution in [0.2, 0.25) is 5.02 Å². The normalized spacial score (nSPS) is 18.4. The van der Waals surface area contributed by atoms with Gasteiger partial charge in [-0.25, -0.2) is 12.8 Å². The molecule has 1 saturated heterocycles. The Balaban J connectivity index is 2.00. The van der Waals surface area contributed by atoms with E-state index in [9.17, 15) is 17.6 Å². The molecule has 1 amide bonds. The van der Waals surface area contributed by atoms with Gasteiger partial charge in [-0.15, -0.1) is 0 Å². The smallest absolute Gasteiger partial charge is 0.239 e. The van der Waals surface area contributed by atoms with E-state index in [0.29, 0.717) is 13.0 Å². The van der Waals surface area contributed by atoms with Crippen molar-refractivity contribution in [2.45, 2.75) is 6.42 Å². The van der Waals surface area contributed by atoms with Crippen LogP contribution in [0.3, 0.4) is 0 Å². The first-order valence-corrected chi connectivity index (χ1v) is 7.60. The molecule has 1 aliphatic heterocycles. The van der Waals surface area contributed by atoms with E-state index in [2.05, 4.69) is 5.32 Å². The highest BCUT2D eigenvalue weighted by molar-refractivity contribution is 7.89. The summed E-state index contributed by atoms with van der Waals surface area (Å²) < 4.78 is 37.3. The number of halogens is 2. The summed E-state index contributed by atoms with van der Waals surface area (Å²) in [5.41, 5.74) is 0.239. The second-order valence-electron chi connectivity index (χ2n) is 4.18. The van der Waals surface area contributed by atoms with Crippen LogP contribution in [0.25, 0.3) is 0 Å². The van der Waals surface area contributed by atoms with E-state index in [4.69, 9.17) is 11.6 Å². The number of nitrogens with one attached hydrogen (secondary N) is 1. The van der Waals surface area contributed by atoms with Crippen molar-refractivity contribution in [3.05, 3.63) is 29.0 Å². The van der Waals surface area contributed by atoms with Crippen LogP contribution in [0.1, 0.15) is 6.42 Å². The molecule has 2 rings (SSSR count). The molecule has 0 aromatic heterocycles. The van der Waals surface area contributed by atoms with Crippen molar-refractivity contribution < 1.29 is 17.6 Å². The van der Waals surface area contributed by atoms with Gasteiger partial charge in [0.1, 0.15) is 5.82 Å². The van der Waals surface area contributed by atoms with Crippen LogP contribution in [0.15, 0.2) is 18.2 Å². The highest BCUT2D eigenvalue weighted by atomic mass is 35.5. The summed E-state index contributed by atoms with van der Waals surface area (Å²) in [5.74, 6) is -1.09. The molecular weight excluding hydrogens is 295 g/mol. The number of carbonyl (C=O) groups excluding carboxylic acids is 1. The fourth-order valence-corrected chi connectivity index (χ4v) is 3.39. The maximum Gasteiger partial charge on any atom is 0.239 e. The lowest BCUT2D eigenvalue weighted by atomic mass is 10.3. The summed E-state index contributed by atoms with van der Waals surface area (Å²) >= 11 is 5.52. The van der Waals surface area contributed by atoms with E-state index >= 15 is 0 Å². The van der Waals surface area contributed by atoms with Gasteiger partial charge in [-0.05, 0) is 24.6 Å². The Hall–Kier alpha value is -1.18. The van der Waals surface area contributed by atoms with E-state index in [1.165, 1.54) is 12.1 Å². The Bertz CT molecular complexity index is 606. The molecule has 1 N–H and O–H groups in total. The Morgan fingerprint density at radius 1 is 1.47 bits per heavy atom. The lowest BCUT2D eigenvalue weighted by molar-refractivity contribution is -0.116. The molecule has 0 atom stereocenters. The summed E-state index contributed by atoms with van der Waals surface area (Å²) in [7, 11) is -3.31. The molecule has 19 heavy (non-hydrogen) atoms. The molecule has 1 aromatic carbocycles. The topological polar surface area (TPSA) is 66.5 Å². The van der Waals surface area contributed by atoms with Gasteiger partial charge >= 0.3 is 0 Å². The lowest BCUT2D eigenvalue weighted by Crippen LogP contribution is -2.34. The molecule has 0 aliphatic carbocycles. The number of rotatable bonds is 3. The average Bonchev–Trinajstić information content (AvgIpc) is 2.63. The number of anilines is 1. The fourth-order valence-electron chi connectivity index (χ4n) is 1.80. The zero-order valence-corrected chi connectivity index (χ0v) is 11.5. The Morgan fingerprint density at radius 3 is 2.79 bits per heavy atom. The fraction of sp³-hybridized carbons (Fsp3) is 0.364. The predicted molar refractivity (Wildman–Crippen MR) is 70.0 cm³/mol. The van der Waals surface area contributed by atoms with Crippen molar-refractivity contribution in [1.82, 2.24) is 4.31 Å². The minimum atomic E-state index is -3.31. The highest BCUT2D eigenvalue weighted by Gasteiger charge is 2.29. The average molecular weight is 307 g/mol. The van der Waals surface area contributed by atoms with Crippen LogP contribution < -0.4 is 5.32 Å². The maximum atomic E-state index is 13.2. The van der Waals surface area contributed by atoms with Gasteiger partial charge < -0.3 is 5.32 Å². The predicted octanol–water partition coefficient (Wildman–Crippen LogP) is 1.45. The molecule has 0 spiro atoms. The molecule has 1 aromatic rings. The van der Waals surface area contributed by atoms with Crippen LogP contribution in [-0.2, 0) is 14.8 Å². The molecule has 5 nitrogen and oxygen atoms in total. The van der Waals surface area contributed by atoms with Gasteiger partial charge in [-0.3, -0.25) is 4.79 Å². The molecule has 0 bridgehead atoms. The van der Waals surface area contributed by atoms with Crippen molar-refractivity contribution in [3.8, 4) is 0 Å². The maximum absolute atomic E-state index is 13.2. The quantitative estimate of drug-likeness (QED) is 0.919. The molecule has 0 unspecified atom stereocenters. The minimum Gasteiger partial charge on any atom is -0.325 e. The van der Waals surface area contributed by atoms with Gasteiger partial charge in [-0.2, -0.15) is 4.31 Å². The van der Waals surface area contributed by atoms with Gasteiger partial charge in [0.25, 0.3) is 0 Å². The first kappa shape index (κ1) is 14.2. The molecule has 1 aliphatic rings. The number of amides is 1. The Kier molecular flexibility index (Phi) is 4.07. The van der Waals surface area contributed by atoms with Crippen molar-refractivity contribution in [3.63, 3.8) is 0 Å². The molecule has 1 heterocycles. The molecule has 104 valence electrons. The van der Waals surface area contributed by atoms with Crippen LogP contribution >= 0.6 is 11.6 Å². The zero-order valence-electron chi connectivity index (χ0n) is 9.90. The third-order valence-electron chi connectivity index (χ3n) is 2.73. The van der Waals surface area contributed by atoms with Gasteiger partial charge in [0, 0.05) is 12.2 Å². The standard InChI is InChI=1S/C11H12ClFN2O3S/c12-9-3-2-8(6-10(9)13)14-11(16)7-15-4-1-5-19(15,17)18/h2-3,6H,1,4-5,7H2,(H,14,16). The van der Waals surface area contributed by atoms with Crippen molar-refractivity contribution >= 4 is 33.2 Å². The van der Waals surface area contributed by atoms with E-state index in [0.717, 1.165) is 10.4 Å². The largest absolute Gasteiger partial charge is 0.325 e. The van der Waals surface area contributed by atoms with E-state index in [-0.39, 0.29) is 23.0 Å². The number of benzene rings is 1. The second kappa shape index (κ2) is 5.44. The van der Waals surface area contributed by atoms with Crippen LogP contribution in [0.5, 0.6) is 0 Å².